The lowest BCUT2D eigenvalue weighted by atomic mass is 10.1. The molecule has 5 aliphatic rings. The summed E-state index contributed by atoms with van der Waals surface area (Å²) in [5, 5.41) is 103. The van der Waals surface area contributed by atoms with Crippen LogP contribution in [-0.4, -0.2) is 397 Å². The van der Waals surface area contributed by atoms with Crippen molar-refractivity contribution in [2.75, 3.05) is 147 Å². The van der Waals surface area contributed by atoms with Gasteiger partial charge in [-0.2, -0.15) is 24.9 Å². The first-order valence-corrected chi connectivity index (χ1v) is 59.9. The summed E-state index contributed by atoms with van der Waals surface area (Å²) in [6, 6.07) is 0. The molecule has 10 aromatic rings. The van der Waals surface area contributed by atoms with Gasteiger partial charge in [0.1, 0.15) is 72.0 Å². The lowest BCUT2D eigenvalue weighted by molar-refractivity contribution is -0.0353. The predicted molar refractivity (Wildman–Crippen MR) is 549 cm³/mol. The van der Waals surface area contributed by atoms with Crippen molar-refractivity contribution in [1.82, 2.24) is 97.6 Å². The van der Waals surface area contributed by atoms with Gasteiger partial charge in [0.15, 0.2) is 87.0 Å². The Labute approximate surface area is 793 Å². The van der Waals surface area contributed by atoms with E-state index in [1.165, 1.54) is 46.1 Å². The molecule has 0 aromatic carbocycles. The first-order chi connectivity index (χ1) is 62.0. The molecule has 5 saturated heterocycles. The number of imidazole rings is 5. The molecular formula is C87H147ClN23O19P5. The highest BCUT2D eigenvalue weighted by molar-refractivity contribution is 7.73. The van der Waals surface area contributed by atoms with E-state index in [2.05, 4.69) is 196 Å². The van der Waals surface area contributed by atoms with Crippen LogP contribution in [0, 0.1) is 13.8 Å². The molecule has 0 radical (unpaired) electrons. The molecule has 0 spiro atoms. The number of alkyl halides is 1. The minimum absolute atomic E-state index is 0. The Kier molecular flexibility index (Phi) is 39.7. The van der Waals surface area contributed by atoms with E-state index < -0.39 is 150 Å². The summed E-state index contributed by atoms with van der Waals surface area (Å²) in [5.74, 6) is 2.92. The molecule has 10 aromatic heterocycles. The van der Waals surface area contributed by atoms with Crippen LogP contribution in [0.5, 0.6) is 11.8 Å². The number of nitrogens with zero attached hydrogens (tertiary/aromatic N) is 17. The van der Waals surface area contributed by atoms with Crippen molar-refractivity contribution in [2.45, 2.75) is 237 Å². The topological polar surface area (TPSA) is 561 Å². The van der Waals surface area contributed by atoms with Crippen LogP contribution in [0.15, 0.2) is 46.0 Å². The van der Waals surface area contributed by atoms with E-state index in [0.717, 1.165) is 56.5 Å². The van der Waals surface area contributed by atoms with Gasteiger partial charge in [-0.1, -0.05) is 42.5 Å². The highest BCUT2D eigenvalue weighted by atomic mass is 35.5. The number of fused-ring (bicyclic) bond motifs is 5. The fourth-order valence-electron chi connectivity index (χ4n) is 15.5. The minimum Gasteiger partial charge on any atom is -0.479 e. The Morgan fingerprint density at radius 3 is 0.956 bits per heavy atom. The molecule has 48 heteroatoms. The maximum absolute atomic E-state index is 12.3. The van der Waals surface area contributed by atoms with E-state index in [1.54, 1.807) is 29.3 Å². The van der Waals surface area contributed by atoms with Crippen molar-refractivity contribution >= 4 is 151 Å². The fourth-order valence-corrected chi connectivity index (χ4v) is 20.6. The van der Waals surface area contributed by atoms with Crippen molar-refractivity contribution in [3.8, 4) is 11.8 Å². The number of halogens is 1. The van der Waals surface area contributed by atoms with Crippen LogP contribution in [0.25, 0.3) is 55.8 Å². The second-order valence-corrected chi connectivity index (χ2v) is 59.4. The molecule has 5 fully saturated rings. The van der Waals surface area contributed by atoms with Gasteiger partial charge in [0.25, 0.3) is 16.7 Å². The zero-order valence-electron chi connectivity index (χ0n) is 78.3. The van der Waals surface area contributed by atoms with Crippen LogP contribution in [0.1, 0.15) is 144 Å². The molecule has 15 rings (SSSR count). The largest absolute Gasteiger partial charge is 0.479 e. The number of H-pyrrole nitrogens is 3. The zero-order chi connectivity index (χ0) is 96.7. The highest BCUT2D eigenvalue weighted by Gasteiger charge is 2.50. The summed E-state index contributed by atoms with van der Waals surface area (Å²) in [7, 11) is 1.52. The third kappa shape index (κ3) is 28.0. The van der Waals surface area contributed by atoms with Crippen LogP contribution in [0.4, 0.5) is 17.8 Å². The molecule has 0 unspecified atom stereocenters. The van der Waals surface area contributed by atoms with E-state index in [4.69, 9.17) is 44.8 Å². The van der Waals surface area contributed by atoms with Crippen LogP contribution < -0.4 is 42.1 Å². The number of aromatic nitrogens is 20. The third-order valence-corrected chi connectivity index (χ3v) is 30.4. The molecule has 756 valence electrons. The van der Waals surface area contributed by atoms with Gasteiger partial charge >= 0.3 is 0 Å². The molecule has 0 aliphatic carbocycles. The maximum atomic E-state index is 12.3. The van der Waals surface area contributed by atoms with Gasteiger partial charge in [-0.25, -0.2) is 34.9 Å². The molecule has 0 saturated carbocycles. The molecule has 5 aliphatic heterocycles. The number of unbranched alkanes of at least 4 members (excludes halogenated alkanes) is 1. The summed E-state index contributed by atoms with van der Waals surface area (Å²) in [5.41, 5.74) is 2.44. The fraction of sp³-hybridized carbons (Fsp3) is 0.655. The molecular weight excluding hydrogens is 1860 g/mol. The maximum Gasteiger partial charge on any atom is 0.280 e. The van der Waals surface area contributed by atoms with E-state index >= 15 is 0 Å². The van der Waals surface area contributed by atoms with Crippen LogP contribution in [0.3, 0.4) is 0 Å². The number of aromatic amines is 3. The number of anilines is 3. The second kappa shape index (κ2) is 47.6. The first-order valence-electron chi connectivity index (χ1n) is 44.2. The summed E-state index contributed by atoms with van der Waals surface area (Å²) in [4.78, 5) is 96.2. The SMILES string of the molecule is C.C.C.C=P(C)(C)CC[C@H]1O[C@@H](n2cnc3c(=O)[nH]c(NCC)nc32)[C@H](O)[C@@H]1O.C=P(C)(C)CC[C@H]1O[C@@H](n2cnc3c(=O)[nH]c(NCCC)nc32)[C@H](O)[C@@H]1O.C=P(C)(C)CC[C@H]1O[C@@H](n2cnc3c(=O)[nH]c(NCCCC)nc32)[C@H](O)[C@@H]1O.C=P(C)(C)CC[C@H]1O[C@@H](n2cnc3c(OC)nc(C)nc32)[C@H](O)[C@@H]1O.C=P(C)(C)CC[C@H]1O[C@@H](n2cnc3c(OCC)nc(C)nc32)[C@H](Cl)[C@@H]1O. The van der Waals surface area contributed by atoms with E-state index in [1.807, 2.05) is 20.8 Å². The van der Waals surface area contributed by atoms with Crippen LogP contribution in [0.2, 0.25) is 0 Å². The van der Waals surface area contributed by atoms with Gasteiger partial charge in [-0.05, 0) is 170 Å². The molecule has 135 heavy (non-hydrogen) atoms. The van der Waals surface area contributed by atoms with Crippen LogP contribution >= 0.6 is 46.0 Å². The molecule has 0 amide bonds. The standard InChI is InChI=1S/C18H30N5O4P.C17H26ClN4O3P.C17H28N5O4P.C16H26N5O4P.C16H25N4O4P.3CH4/c1-5-6-8-19-18-21-15-12(16(26)22-18)20-10-23(15)17-14(25)13(24)11(27-17)7-9-28(2,3)4;1-6-24-16-13-15(20-10(2)21-16)22(9-19-13)17-12(18)14(23)11(25-17)7-8-26(3,4)5;1-5-7-18-17-20-14-11(15(25)21-17)19-9-22(14)16-13(24)12(23)10(26-16)6-8-27(2,3)4;1-5-17-16-19-13-10(14(24)20-16)18-8-21(13)15-12(23)11(22)9(25-15)6-7-26(2,3)4;1-9-18-14-11(15(19-9)23-2)17-8-20(14)16-13(22)12(21)10(24-16)6-7-25(3,4)5;;;/h10-11,13-14,17,24-25H,2,5-9H2,1,3-4H3,(H2,19,21,22,26);9,11-12,14,17,23H,3,6-8H2,1-2,4-5H3;9-10,12-13,16,23-24H,2,5-8H2,1,3-4H3,(H2,18,20,21,25);8-9,11-12,15,22-23H,2,5-7H2,1,3-4H3,(H2,17,19,20,24);8,10,12-13,16,21-22H,3,6-7H2,1-2,4-5H3;3*1H4/t11-,13-,14-,17-;11-,12-,14-,17-;10-,12-,13-,16-;9-,11-,12-,15-;10-,12-,13-,16-;;;/m11111.../s1. The van der Waals surface area contributed by atoms with Crippen molar-refractivity contribution in [3.05, 3.63) is 74.3 Å². The number of rotatable bonds is 32. The van der Waals surface area contributed by atoms with Crippen LogP contribution in [-0.2, 0) is 23.7 Å². The van der Waals surface area contributed by atoms with Crippen molar-refractivity contribution in [1.29, 1.82) is 0 Å². The predicted octanol–water partition coefficient (Wildman–Crippen LogP) is 7.25. The molecule has 0 bridgehead atoms. The van der Waals surface area contributed by atoms with E-state index in [-0.39, 0.29) is 61.6 Å². The normalized spacial score (nSPS) is 25.7. The monoisotopic (exact) mass is 2010 g/mol. The third-order valence-electron chi connectivity index (χ3n) is 22.6. The Morgan fingerprint density at radius 1 is 0.385 bits per heavy atom. The lowest BCUT2D eigenvalue weighted by Crippen LogP contribution is -2.32. The zero-order valence-corrected chi connectivity index (χ0v) is 83.5. The van der Waals surface area contributed by atoms with Gasteiger partial charge in [-0.15, -0.1) is 77.5 Å². The van der Waals surface area contributed by atoms with Crippen molar-refractivity contribution in [2.24, 2.45) is 0 Å². The summed E-state index contributed by atoms with van der Waals surface area (Å²) in [6.07, 6.45) is 23.4. The molecule has 20 atom stereocenters. The van der Waals surface area contributed by atoms with Gasteiger partial charge in [-0.3, -0.25) is 52.2 Å². The van der Waals surface area contributed by atoms with E-state index in [9.17, 15) is 60.3 Å². The number of aliphatic hydroxyl groups excluding tert-OH is 9. The number of hydrogen-bond acceptors (Lipinski definition) is 34. The second-order valence-electron chi connectivity index (χ2n) is 37.3. The summed E-state index contributed by atoms with van der Waals surface area (Å²) >= 11 is 6.50. The quantitative estimate of drug-likeness (QED) is 0.0112. The Hall–Kier alpha value is -7.62. The van der Waals surface area contributed by atoms with E-state index in [0.29, 0.717) is 132 Å². The Morgan fingerprint density at radius 2 is 0.659 bits per heavy atom. The van der Waals surface area contributed by atoms with Gasteiger partial charge in [0, 0.05) is 19.6 Å². The minimum atomic E-state index is -1.27. The van der Waals surface area contributed by atoms with Gasteiger partial charge in [0.05, 0.1) is 75.9 Å². The molecule has 15 N–H and O–H groups in total. The average Bonchev–Trinajstić information content (AvgIpc) is 1.64. The van der Waals surface area contributed by atoms with Crippen molar-refractivity contribution < 1.29 is 79.1 Å². The van der Waals surface area contributed by atoms with Gasteiger partial charge < -0.3 is 95.1 Å². The van der Waals surface area contributed by atoms with Crippen molar-refractivity contribution in [3.63, 3.8) is 0 Å². The Balaban J connectivity index is 0.000000206. The smallest absolute Gasteiger partial charge is 0.280 e. The first kappa shape index (κ1) is 113. The lowest BCUT2D eigenvalue weighted by Gasteiger charge is -2.19. The number of aliphatic hydroxyl groups is 9. The number of hydrogen-bond donors (Lipinski definition) is 15. The Bertz CT molecular complexity index is 6040. The number of aryl methyl sites for hydroxylation is 2. The molecule has 15 heterocycles. The summed E-state index contributed by atoms with van der Waals surface area (Å²) in [6.45, 7) is 28.9. The molecule has 42 nitrogen and oxygen atoms in total. The number of methoxy groups -OCH3 is 1. The highest BCUT2D eigenvalue weighted by Crippen LogP contribution is 2.47. The number of nitrogens with one attached hydrogen (secondary N) is 6. The number of ether oxygens (including phenoxy) is 7. The van der Waals surface area contributed by atoms with Gasteiger partial charge in [0.2, 0.25) is 29.6 Å². The summed E-state index contributed by atoms with van der Waals surface area (Å²) < 4.78 is 48.6. The average molecular weight is 2010 g/mol.